The third-order valence-corrected chi connectivity index (χ3v) is 5.35. The maximum absolute atomic E-state index is 12.7. The first-order chi connectivity index (χ1) is 11.9. The molecule has 2 amide bonds. The highest BCUT2D eigenvalue weighted by Crippen LogP contribution is 2.34. The summed E-state index contributed by atoms with van der Waals surface area (Å²) in [7, 11) is 1.96. The second kappa shape index (κ2) is 6.61. The molecule has 2 aromatic rings. The quantitative estimate of drug-likeness (QED) is 0.790. The summed E-state index contributed by atoms with van der Waals surface area (Å²) < 4.78 is 2.04. The second-order valence-electron chi connectivity index (χ2n) is 5.92. The van der Waals surface area contributed by atoms with Crippen molar-refractivity contribution in [2.24, 2.45) is 7.05 Å². The lowest BCUT2D eigenvalue weighted by Gasteiger charge is -2.13. The molecule has 0 saturated carbocycles. The van der Waals surface area contributed by atoms with Gasteiger partial charge in [0.15, 0.2) is 0 Å². The maximum atomic E-state index is 12.7. The summed E-state index contributed by atoms with van der Waals surface area (Å²) in [5.41, 5.74) is 4.20. The van der Waals surface area contributed by atoms with E-state index in [9.17, 15) is 14.9 Å². The number of rotatable bonds is 3. The Morgan fingerprint density at radius 1 is 1.24 bits per heavy atom. The Bertz CT molecular complexity index is 950. The van der Waals surface area contributed by atoms with Gasteiger partial charge in [0.05, 0.1) is 23.1 Å². The minimum Gasteiger partial charge on any atom is -0.352 e. The Morgan fingerprint density at radius 2 is 1.96 bits per heavy atom. The molecule has 0 atom stereocenters. The standard InChI is InChI=1S/C19H17N3O2S/c1-12-8-16(13(2)21(12)3)9-17-18(23)22(19(24)25-17)11-15-7-5-4-6-14(15)10-20/h4-9H,11H2,1-3H3/b17-9+. The Hall–Kier alpha value is -2.78. The van der Waals surface area contributed by atoms with Crippen molar-refractivity contribution in [1.82, 2.24) is 9.47 Å². The fourth-order valence-corrected chi connectivity index (χ4v) is 3.57. The number of nitriles is 1. The summed E-state index contributed by atoms with van der Waals surface area (Å²) in [5, 5.41) is 8.86. The van der Waals surface area contributed by atoms with Gasteiger partial charge in [0.25, 0.3) is 11.1 Å². The zero-order valence-electron chi connectivity index (χ0n) is 14.2. The van der Waals surface area contributed by atoms with Gasteiger partial charge in [-0.15, -0.1) is 0 Å². The zero-order chi connectivity index (χ0) is 18.1. The van der Waals surface area contributed by atoms with Gasteiger partial charge in [0.1, 0.15) is 0 Å². The molecule has 126 valence electrons. The van der Waals surface area contributed by atoms with E-state index < -0.39 is 0 Å². The average molecular weight is 351 g/mol. The number of carbonyl (C=O) groups excluding carboxylic acids is 2. The molecule has 2 heterocycles. The Labute approximate surface area is 150 Å². The van der Waals surface area contributed by atoms with Gasteiger partial charge in [-0.05, 0) is 54.9 Å². The molecule has 3 rings (SSSR count). The first-order valence-corrected chi connectivity index (χ1v) is 8.60. The van der Waals surface area contributed by atoms with E-state index in [1.54, 1.807) is 30.3 Å². The summed E-state index contributed by atoms with van der Waals surface area (Å²) in [6.07, 6.45) is 1.77. The number of benzene rings is 1. The van der Waals surface area contributed by atoms with Crippen LogP contribution in [0, 0.1) is 25.2 Å². The lowest BCUT2D eigenvalue weighted by molar-refractivity contribution is -0.123. The second-order valence-corrected chi connectivity index (χ2v) is 6.92. The predicted molar refractivity (Wildman–Crippen MR) is 97.6 cm³/mol. The van der Waals surface area contributed by atoms with Gasteiger partial charge >= 0.3 is 0 Å². The summed E-state index contributed by atoms with van der Waals surface area (Å²) >= 11 is 0.940. The van der Waals surface area contributed by atoms with Crippen LogP contribution in [0.25, 0.3) is 6.08 Å². The number of aryl methyl sites for hydroxylation is 1. The molecule has 1 saturated heterocycles. The van der Waals surface area contributed by atoms with E-state index in [4.69, 9.17) is 0 Å². The molecule has 0 bridgehead atoms. The lowest BCUT2D eigenvalue weighted by Crippen LogP contribution is -2.27. The van der Waals surface area contributed by atoms with Crippen molar-refractivity contribution < 1.29 is 9.59 Å². The van der Waals surface area contributed by atoms with E-state index in [0.717, 1.165) is 28.7 Å². The molecule has 1 aliphatic rings. The molecule has 0 N–H and O–H groups in total. The van der Waals surface area contributed by atoms with Crippen LogP contribution in [0.3, 0.4) is 0 Å². The van der Waals surface area contributed by atoms with E-state index >= 15 is 0 Å². The summed E-state index contributed by atoms with van der Waals surface area (Å²) in [5.74, 6) is -0.316. The van der Waals surface area contributed by atoms with Crippen LogP contribution in [-0.4, -0.2) is 20.6 Å². The van der Waals surface area contributed by atoms with E-state index in [1.807, 2.05) is 31.5 Å². The number of nitrogens with zero attached hydrogens (tertiary/aromatic N) is 3. The molecular weight excluding hydrogens is 334 g/mol. The molecule has 1 aliphatic heterocycles. The molecule has 1 aromatic heterocycles. The van der Waals surface area contributed by atoms with Crippen molar-refractivity contribution >= 4 is 29.0 Å². The number of hydrogen-bond donors (Lipinski definition) is 0. The van der Waals surface area contributed by atoms with Crippen LogP contribution in [0.2, 0.25) is 0 Å². The first-order valence-electron chi connectivity index (χ1n) is 7.78. The van der Waals surface area contributed by atoms with Crippen LogP contribution in [0.15, 0.2) is 35.2 Å². The number of amides is 2. The molecule has 1 aromatic carbocycles. The fraction of sp³-hybridized carbons (Fsp3) is 0.211. The molecule has 0 unspecified atom stereocenters. The highest BCUT2D eigenvalue weighted by Gasteiger charge is 2.35. The highest BCUT2D eigenvalue weighted by molar-refractivity contribution is 8.18. The van der Waals surface area contributed by atoms with Crippen molar-refractivity contribution in [3.8, 4) is 6.07 Å². The van der Waals surface area contributed by atoms with Gasteiger partial charge in [0.2, 0.25) is 0 Å². The molecule has 25 heavy (non-hydrogen) atoms. The first kappa shape index (κ1) is 17.1. The fourth-order valence-electron chi connectivity index (χ4n) is 2.75. The Balaban J connectivity index is 1.89. The predicted octanol–water partition coefficient (Wildman–Crippen LogP) is 3.75. The zero-order valence-corrected chi connectivity index (χ0v) is 15.1. The molecule has 0 aliphatic carbocycles. The number of hydrogen-bond acceptors (Lipinski definition) is 4. The molecule has 0 spiro atoms. The minimum atomic E-state index is -0.316. The van der Waals surface area contributed by atoms with E-state index in [1.165, 1.54) is 4.90 Å². The maximum Gasteiger partial charge on any atom is 0.293 e. The highest BCUT2D eigenvalue weighted by atomic mass is 32.2. The van der Waals surface area contributed by atoms with Crippen LogP contribution in [0.5, 0.6) is 0 Å². The van der Waals surface area contributed by atoms with Gasteiger partial charge in [-0.25, -0.2) is 0 Å². The van der Waals surface area contributed by atoms with Gasteiger partial charge in [-0.3, -0.25) is 14.5 Å². The van der Waals surface area contributed by atoms with Gasteiger partial charge in [-0.2, -0.15) is 5.26 Å². The van der Waals surface area contributed by atoms with Crippen molar-refractivity contribution in [1.29, 1.82) is 5.26 Å². The van der Waals surface area contributed by atoms with Gasteiger partial charge in [0, 0.05) is 18.4 Å². The van der Waals surface area contributed by atoms with Crippen LogP contribution in [-0.2, 0) is 18.4 Å². The molecule has 6 heteroatoms. The van der Waals surface area contributed by atoms with Crippen molar-refractivity contribution in [3.05, 3.63) is 63.3 Å². The SMILES string of the molecule is Cc1cc(/C=C2/SC(=O)N(Cc3ccccc3C#N)C2=O)c(C)n1C. The van der Waals surface area contributed by atoms with Crippen LogP contribution in [0.1, 0.15) is 28.1 Å². The van der Waals surface area contributed by atoms with Crippen LogP contribution >= 0.6 is 11.8 Å². The Kier molecular flexibility index (Phi) is 4.51. The molecule has 5 nitrogen and oxygen atoms in total. The van der Waals surface area contributed by atoms with E-state index in [-0.39, 0.29) is 17.7 Å². The summed E-state index contributed by atoms with van der Waals surface area (Å²) in [4.78, 5) is 26.5. The molecule has 1 fully saturated rings. The third-order valence-electron chi connectivity index (χ3n) is 4.44. The van der Waals surface area contributed by atoms with Crippen LogP contribution < -0.4 is 0 Å². The lowest BCUT2D eigenvalue weighted by atomic mass is 10.1. The number of imide groups is 1. The topological polar surface area (TPSA) is 66.1 Å². The monoisotopic (exact) mass is 351 g/mol. The van der Waals surface area contributed by atoms with E-state index in [2.05, 4.69) is 6.07 Å². The van der Waals surface area contributed by atoms with Gasteiger partial charge < -0.3 is 4.57 Å². The van der Waals surface area contributed by atoms with Gasteiger partial charge in [-0.1, -0.05) is 18.2 Å². The van der Waals surface area contributed by atoms with Crippen LogP contribution in [0.4, 0.5) is 4.79 Å². The minimum absolute atomic E-state index is 0.110. The summed E-state index contributed by atoms with van der Waals surface area (Å²) in [6, 6.07) is 11.1. The number of thioether (sulfide) groups is 1. The van der Waals surface area contributed by atoms with Crippen molar-refractivity contribution in [3.63, 3.8) is 0 Å². The average Bonchev–Trinajstić information content (AvgIpc) is 3.00. The Morgan fingerprint density at radius 3 is 2.60 bits per heavy atom. The largest absolute Gasteiger partial charge is 0.352 e. The number of aromatic nitrogens is 1. The molecule has 0 radical (unpaired) electrons. The summed E-state index contributed by atoms with van der Waals surface area (Å²) in [6.45, 7) is 4.08. The third kappa shape index (κ3) is 3.11. The van der Waals surface area contributed by atoms with E-state index in [0.29, 0.717) is 16.0 Å². The smallest absolute Gasteiger partial charge is 0.293 e. The number of carbonyl (C=O) groups is 2. The normalized spacial score (nSPS) is 15.9. The van der Waals surface area contributed by atoms with Crippen molar-refractivity contribution in [2.45, 2.75) is 20.4 Å². The van der Waals surface area contributed by atoms with Crippen molar-refractivity contribution in [2.75, 3.05) is 0 Å². The molecular formula is C19H17N3O2S.